The van der Waals surface area contributed by atoms with E-state index in [1.807, 2.05) is 18.2 Å². The Morgan fingerprint density at radius 2 is 1.50 bits per heavy atom. The van der Waals surface area contributed by atoms with Gasteiger partial charge in [0, 0.05) is 37.4 Å². The molecular formula is C23H30N4O4S. The lowest BCUT2D eigenvalue weighted by Gasteiger charge is -2.34. The summed E-state index contributed by atoms with van der Waals surface area (Å²) in [5.41, 5.74) is 1.17. The van der Waals surface area contributed by atoms with Crippen molar-refractivity contribution in [1.29, 1.82) is 0 Å². The van der Waals surface area contributed by atoms with Gasteiger partial charge in [0.2, 0.25) is 15.9 Å². The van der Waals surface area contributed by atoms with E-state index < -0.39 is 10.0 Å². The average molecular weight is 459 g/mol. The SMILES string of the molecule is CC1CC(C)CN(S(=O)(=O)c2ccc(NC(=O)CCNC(=O)Nc3ccccc3)cc2)C1. The van der Waals surface area contributed by atoms with Crippen molar-refractivity contribution in [1.82, 2.24) is 9.62 Å². The fraction of sp³-hybridized carbons (Fsp3) is 0.391. The molecule has 8 nitrogen and oxygen atoms in total. The molecule has 9 heteroatoms. The van der Waals surface area contributed by atoms with Crippen LogP contribution in [-0.2, 0) is 14.8 Å². The van der Waals surface area contributed by atoms with Crippen molar-refractivity contribution in [2.75, 3.05) is 30.3 Å². The first-order valence-electron chi connectivity index (χ1n) is 10.7. The van der Waals surface area contributed by atoms with Crippen molar-refractivity contribution in [3.8, 4) is 0 Å². The largest absolute Gasteiger partial charge is 0.337 e. The van der Waals surface area contributed by atoms with Crippen molar-refractivity contribution in [3.05, 3.63) is 54.6 Å². The molecule has 172 valence electrons. The summed E-state index contributed by atoms with van der Waals surface area (Å²) < 4.78 is 27.4. The van der Waals surface area contributed by atoms with Crippen molar-refractivity contribution >= 4 is 33.3 Å². The van der Waals surface area contributed by atoms with Crippen LogP contribution < -0.4 is 16.0 Å². The third-order valence-corrected chi connectivity index (χ3v) is 7.13. The predicted molar refractivity (Wildman–Crippen MR) is 125 cm³/mol. The van der Waals surface area contributed by atoms with Crippen molar-refractivity contribution in [2.24, 2.45) is 11.8 Å². The smallest absolute Gasteiger partial charge is 0.319 e. The zero-order valence-corrected chi connectivity index (χ0v) is 19.2. The summed E-state index contributed by atoms with van der Waals surface area (Å²) in [4.78, 5) is 24.2. The van der Waals surface area contributed by atoms with E-state index in [-0.39, 0.29) is 29.8 Å². The zero-order valence-electron chi connectivity index (χ0n) is 18.4. The number of rotatable bonds is 7. The van der Waals surface area contributed by atoms with E-state index in [2.05, 4.69) is 29.8 Å². The minimum absolute atomic E-state index is 0.0891. The Hall–Kier alpha value is -2.91. The summed E-state index contributed by atoms with van der Waals surface area (Å²) in [6, 6.07) is 14.8. The number of nitrogens with one attached hydrogen (secondary N) is 3. The minimum Gasteiger partial charge on any atom is -0.337 e. The van der Waals surface area contributed by atoms with Crippen LogP contribution in [0.1, 0.15) is 26.7 Å². The highest BCUT2D eigenvalue weighted by atomic mass is 32.2. The molecule has 1 aliphatic rings. The maximum Gasteiger partial charge on any atom is 0.319 e. The van der Waals surface area contributed by atoms with E-state index in [4.69, 9.17) is 0 Å². The van der Waals surface area contributed by atoms with Gasteiger partial charge in [-0.2, -0.15) is 4.31 Å². The fourth-order valence-electron chi connectivity index (χ4n) is 3.87. The van der Waals surface area contributed by atoms with Crippen LogP contribution in [0.4, 0.5) is 16.2 Å². The molecule has 2 atom stereocenters. The van der Waals surface area contributed by atoms with E-state index >= 15 is 0 Å². The van der Waals surface area contributed by atoms with Gasteiger partial charge < -0.3 is 16.0 Å². The standard InChI is InChI=1S/C23H30N4O4S/c1-17-14-18(2)16-27(15-17)32(30,31)21-10-8-20(9-11-21)25-22(28)12-13-24-23(29)26-19-6-4-3-5-7-19/h3-11,17-18H,12-16H2,1-2H3,(H,25,28)(H2,24,26,29). The van der Waals surface area contributed by atoms with E-state index in [0.29, 0.717) is 36.3 Å². The number of anilines is 2. The van der Waals surface area contributed by atoms with Gasteiger partial charge in [0.15, 0.2) is 0 Å². The molecule has 3 amide bonds. The molecule has 1 saturated heterocycles. The molecule has 3 rings (SSSR count). The number of carbonyl (C=O) groups excluding carboxylic acids is 2. The van der Waals surface area contributed by atoms with Crippen LogP contribution in [0.5, 0.6) is 0 Å². The van der Waals surface area contributed by atoms with Crippen LogP contribution in [0.15, 0.2) is 59.5 Å². The predicted octanol–water partition coefficient (Wildman–Crippen LogP) is 3.50. The highest BCUT2D eigenvalue weighted by molar-refractivity contribution is 7.89. The molecule has 0 spiro atoms. The maximum absolute atomic E-state index is 12.9. The van der Waals surface area contributed by atoms with Gasteiger partial charge in [0.25, 0.3) is 0 Å². The summed E-state index contributed by atoms with van der Waals surface area (Å²) in [7, 11) is -3.56. The molecule has 0 bridgehead atoms. The van der Waals surface area contributed by atoms with Gasteiger partial charge in [-0.05, 0) is 54.7 Å². The lowest BCUT2D eigenvalue weighted by Crippen LogP contribution is -2.42. The van der Waals surface area contributed by atoms with Gasteiger partial charge in [-0.1, -0.05) is 32.0 Å². The first-order valence-corrected chi connectivity index (χ1v) is 12.2. The van der Waals surface area contributed by atoms with Gasteiger partial charge in [-0.15, -0.1) is 0 Å². The minimum atomic E-state index is -3.56. The summed E-state index contributed by atoms with van der Waals surface area (Å²) in [5, 5.41) is 8.02. The molecular weight excluding hydrogens is 428 g/mol. The van der Waals surface area contributed by atoms with E-state index in [1.54, 1.807) is 28.6 Å². The van der Waals surface area contributed by atoms with Crippen LogP contribution in [0, 0.1) is 11.8 Å². The molecule has 2 aromatic rings. The molecule has 1 heterocycles. The number of piperidine rings is 1. The Morgan fingerprint density at radius 1 is 0.906 bits per heavy atom. The number of hydrogen-bond acceptors (Lipinski definition) is 4. The number of urea groups is 1. The number of sulfonamides is 1. The van der Waals surface area contributed by atoms with E-state index in [9.17, 15) is 18.0 Å². The molecule has 32 heavy (non-hydrogen) atoms. The number of amides is 3. The zero-order chi connectivity index (χ0) is 23.1. The van der Waals surface area contributed by atoms with Gasteiger partial charge >= 0.3 is 6.03 Å². The second kappa shape index (κ2) is 10.6. The highest BCUT2D eigenvalue weighted by Gasteiger charge is 2.31. The number of para-hydroxylation sites is 1. The highest BCUT2D eigenvalue weighted by Crippen LogP contribution is 2.27. The molecule has 1 aliphatic heterocycles. The van der Waals surface area contributed by atoms with Crippen molar-refractivity contribution < 1.29 is 18.0 Å². The molecule has 0 saturated carbocycles. The maximum atomic E-state index is 12.9. The topological polar surface area (TPSA) is 108 Å². The molecule has 2 unspecified atom stereocenters. The summed E-state index contributed by atoms with van der Waals surface area (Å²) >= 11 is 0. The monoisotopic (exact) mass is 458 g/mol. The Kier molecular flexibility index (Phi) is 7.87. The second-order valence-corrected chi connectivity index (χ2v) is 10.3. The quantitative estimate of drug-likeness (QED) is 0.590. The number of nitrogens with zero attached hydrogens (tertiary/aromatic N) is 1. The third kappa shape index (κ3) is 6.54. The van der Waals surface area contributed by atoms with Gasteiger partial charge in [0.1, 0.15) is 0 Å². The van der Waals surface area contributed by atoms with Crippen LogP contribution in [-0.4, -0.2) is 44.3 Å². The summed E-state index contributed by atoms with van der Waals surface area (Å²) in [6.45, 7) is 5.35. The number of carbonyl (C=O) groups is 2. The lowest BCUT2D eigenvalue weighted by atomic mass is 9.94. The van der Waals surface area contributed by atoms with Crippen LogP contribution in [0.25, 0.3) is 0 Å². The molecule has 2 aromatic carbocycles. The van der Waals surface area contributed by atoms with Crippen LogP contribution in [0.3, 0.4) is 0 Å². The molecule has 1 fully saturated rings. The van der Waals surface area contributed by atoms with Gasteiger partial charge in [-0.3, -0.25) is 4.79 Å². The molecule has 3 N–H and O–H groups in total. The Balaban J connectivity index is 1.47. The Labute approximate surface area is 189 Å². The Bertz CT molecular complexity index is 1020. The summed E-state index contributed by atoms with van der Waals surface area (Å²) in [6.07, 6.45) is 1.12. The normalized spacial score (nSPS) is 19.2. The van der Waals surface area contributed by atoms with Crippen LogP contribution >= 0.6 is 0 Å². The van der Waals surface area contributed by atoms with Gasteiger partial charge in [0.05, 0.1) is 4.90 Å². The van der Waals surface area contributed by atoms with E-state index in [1.165, 1.54) is 12.1 Å². The molecule has 0 radical (unpaired) electrons. The van der Waals surface area contributed by atoms with E-state index in [0.717, 1.165) is 6.42 Å². The second-order valence-electron chi connectivity index (χ2n) is 8.34. The molecule has 0 aromatic heterocycles. The lowest BCUT2D eigenvalue weighted by molar-refractivity contribution is -0.116. The van der Waals surface area contributed by atoms with Crippen molar-refractivity contribution in [2.45, 2.75) is 31.6 Å². The van der Waals surface area contributed by atoms with Gasteiger partial charge in [-0.25, -0.2) is 13.2 Å². The first-order chi connectivity index (χ1) is 15.2. The summed E-state index contributed by atoms with van der Waals surface area (Å²) in [5.74, 6) is 0.380. The number of hydrogen-bond donors (Lipinski definition) is 3. The number of benzene rings is 2. The Morgan fingerprint density at radius 3 is 2.12 bits per heavy atom. The third-order valence-electron chi connectivity index (χ3n) is 5.28. The van der Waals surface area contributed by atoms with Crippen molar-refractivity contribution in [3.63, 3.8) is 0 Å². The first kappa shape index (κ1) is 23.7. The van der Waals surface area contributed by atoms with Crippen LogP contribution in [0.2, 0.25) is 0 Å². The fourth-order valence-corrected chi connectivity index (χ4v) is 5.55. The average Bonchev–Trinajstić information content (AvgIpc) is 2.74. The molecule has 0 aliphatic carbocycles.